The maximum atomic E-state index is 12.6. The van der Waals surface area contributed by atoms with Crippen molar-refractivity contribution in [1.82, 2.24) is 15.1 Å². The second kappa shape index (κ2) is 8.96. The van der Waals surface area contributed by atoms with E-state index in [1.807, 2.05) is 7.05 Å². The van der Waals surface area contributed by atoms with Crippen LogP contribution in [0.15, 0.2) is 0 Å². The molecular weight excluding hydrogens is 286 g/mol. The second-order valence-corrected chi connectivity index (χ2v) is 6.71. The Kier molecular flexibility index (Phi) is 7.99. The minimum Gasteiger partial charge on any atom is -0.336 e. The number of nitrogens with one attached hydrogen (secondary N) is 1. The first-order chi connectivity index (χ1) is 9.61. The van der Waals surface area contributed by atoms with Gasteiger partial charge in [-0.15, -0.1) is 12.4 Å². The molecule has 0 saturated carbocycles. The van der Waals surface area contributed by atoms with E-state index >= 15 is 0 Å². The Bertz CT molecular complexity index is 309. The predicted octanol–water partition coefficient (Wildman–Crippen LogP) is 2.13. The lowest BCUT2D eigenvalue weighted by molar-refractivity contribution is -0.138. The standard InChI is InChI=1S/C16H31N3O.ClH/c1-13-5-4-6-14(2)19(13)16(20)12-18-9-7-15(8-10-18)11-17-3;/h13-15,17H,4-12H2,1-3H3;1H. The third kappa shape index (κ3) is 5.11. The van der Waals surface area contributed by atoms with E-state index < -0.39 is 0 Å². The third-order valence-corrected chi connectivity index (χ3v) is 5.04. The fraction of sp³-hybridized carbons (Fsp3) is 0.938. The van der Waals surface area contributed by atoms with Crippen LogP contribution in [0.2, 0.25) is 0 Å². The monoisotopic (exact) mass is 317 g/mol. The van der Waals surface area contributed by atoms with Crippen LogP contribution >= 0.6 is 12.4 Å². The van der Waals surface area contributed by atoms with Gasteiger partial charge in [-0.3, -0.25) is 9.69 Å². The van der Waals surface area contributed by atoms with Crippen molar-refractivity contribution in [3.05, 3.63) is 0 Å². The number of hydrogen-bond acceptors (Lipinski definition) is 3. The highest BCUT2D eigenvalue weighted by molar-refractivity contribution is 5.85. The van der Waals surface area contributed by atoms with Crippen LogP contribution in [0.5, 0.6) is 0 Å². The van der Waals surface area contributed by atoms with Gasteiger partial charge in [0.1, 0.15) is 0 Å². The van der Waals surface area contributed by atoms with Crippen LogP contribution in [-0.2, 0) is 4.79 Å². The Labute approximate surface area is 136 Å². The van der Waals surface area contributed by atoms with Gasteiger partial charge in [0.15, 0.2) is 0 Å². The lowest BCUT2D eigenvalue weighted by atomic mass is 9.96. The Morgan fingerprint density at radius 2 is 1.67 bits per heavy atom. The number of nitrogens with zero attached hydrogens (tertiary/aromatic N) is 2. The van der Waals surface area contributed by atoms with Crippen LogP contribution in [0, 0.1) is 5.92 Å². The second-order valence-electron chi connectivity index (χ2n) is 6.71. The molecule has 0 aromatic carbocycles. The fourth-order valence-corrected chi connectivity index (χ4v) is 3.82. The van der Waals surface area contributed by atoms with Gasteiger partial charge >= 0.3 is 0 Å². The van der Waals surface area contributed by atoms with Crippen LogP contribution in [0.25, 0.3) is 0 Å². The average Bonchev–Trinajstić information content (AvgIpc) is 2.41. The zero-order valence-corrected chi connectivity index (χ0v) is 14.6. The van der Waals surface area contributed by atoms with Gasteiger partial charge in [-0.05, 0) is 78.6 Å². The zero-order valence-electron chi connectivity index (χ0n) is 13.8. The van der Waals surface area contributed by atoms with Gasteiger partial charge in [0.05, 0.1) is 6.54 Å². The van der Waals surface area contributed by atoms with Gasteiger partial charge in [0.2, 0.25) is 5.91 Å². The van der Waals surface area contributed by atoms with Crippen LogP contribution < -0.4 is 5.32 Å². The maximum absolute atomic E-state index is 12.6. The van der Waals surface area contributed by atoms with Gasteiger partial charge < -0.3 is 10.2 Å². The first kappa shape index (κ1) is 18.7. The van der Waals surface area contributed by atoms with Crippen molar-refractivity contribution in [3.63, 3.8) is 0 Å². The van der Waals surface area contributed by atoms with E-state index in [0.29, 0.717) is 24.5 Å². The van der Waals surface area contributed by atoms with Crippen LogP contribution in [0.3, 0.4) is 0 Å². The van der Waals surface area contributed by atoms with E-state index in [1.54, 1.807) is 0 Å². The van der Waals surface area contributed by atoms with Crippen molar-refractivity contribution in [2.75, 3.05) is 33.2 Å². The molecule has 124 valence electrons. The summed E-state index contributed by atoms with van der Waals surface area (Å²) in [6.45, 7) is 8.30. The van der Waals surface area contributed by atoms with Crippen molar-refractivity contribution in [1.29, 1.82) is 0 Å². The number of hydrogen-bond donors (Lipinski definition) is 1. The molecule has 0 aromatic heterocycles. The van der Waals surface area contributed by atoms with E-state index in [4.69, 9.17) is 0 Å². The Morgan fingerprint density at radius 1 is 1.10 bits per heavy atom. The molecule has 0 bridgehead atoms. The molecule has 2 rings (SSSR count). The van der Waals surface area contributed by atoms with Gasteiger partial charge in [0.25, 0.3) is 0 Å². The molecular formula is C16H32ClN3O. The first-order valence-electron chi connectivity index (χ1n) is 8.30. The van der Waals surface area contributed by atoms with E-state index in [2.05, 4.69) is 29.0 Å². The molecule has 21 heavy (non-hydrogen) atoms. The summed E-state index contributed by atoms with van der Waals surface area (Å²) < 4.78 is 0. The summed E-state index contributed by atoms with van der Waals surface area (Å²) in [4.78, 5) is 17.1. The van der Waals surface area contributed by atoms with Gasteiger partial charge in [-0.1, -0.05) is 0 Å². The van der Waals surface area contributed by atoms with E-state index in [0.717, 1.165) is 25.6 Å². The summed E-state index contributed by atoms with van der Waals surface area (Å²) in [7, 11) is 2.02. The topological polar surface area (TPSA) is 35.6 Å². The number of carbonyl (C=O) groups is 1. The summed E-state index contributed by atoms with van der Waals surface area (Å²) in [6, 6.07) is 0.848. The highest BCUT2D eigenvalue weighted by atomic mass is 35.5. The smallest absolute Gasteiger partial charge is 0.237 e. The van der Waals surface area contributed by atoms with Crippen molar-refractivity contribution in [3.8, 4) is 0 Å². The largest absolute Gasteiger partial charge is 0.336 e. The highest BCUT2D eigenvalue weighted by Crippen LogP contribution is 2.23. The summed E-state index contributed by atoms with van der Waals surface area (Å²) in [6.07, 6.45) is 6.04. The Hall–Kier alpha value is -0.320. The van der Waals surface area contributed by atoms with Gasteiger partial charge in [-0.25, -0.2) is 0 Å². The van der Waals surface area contributed by atoms with Crippen LogP contribution in [0.1, 0.15) is 46.0 Å². The quantitative estimate of drug-likeness (QED) is 0.863. The summed E-state index contributed by atoms with van der Waals surface area (Å²) in [5, 5.41) is 3.26. The van der Waals surface area contributed by atoms with Crippen molar-refractivity contribution < 1.29 is 4.79 Å². The molecule has 1 amide bonds. The highest BCUT2D eigenvalue weighted by Gasteiger charge is 2.30. The molecule has 1 N–H and O–H groups in total. The lowest BCUT2D eigenvalue weighted by Gasteiger charge is -2.41. The molecule has 0 spiro atoms. The fourth-order valence-electron chi connectivity index (χ4n) is 3.82. The van der Waals surface area contributed by atoms with E-state index in [1.165, 1.54) is 32.1 Å². The lowest BCUT2D eigenvalue weighted by Crippen LogP contribution is -2.52. The number of likely N-dealkylation sites (tertiary alicyclic amines) is 2. The van der Waals surface area contributed by atoms with E-state index in [-0.39, 0.29) is 12.4 Å². The third-order valence-electron chi connectivity index (χ3n) is 5.04. The number of rotatable bonds is 4. The average molecular weight is 318 g/mol. The van der Waals surface area contributed by atoms with Crippen LogP contribution in [-0.4, -0.2) is 61.0 Å². The predicted molar refractivity (Wildman–Crippen MR) is 90.0 cm³/mol. The summed E-state index contributed by atoms with van der Waals surface area (Å²) in [5.74, 6) is 1.14. The number of piperidine rings is 2. The number of carbonyl (C=O) groups excluding carboxylic acids is 1. The molecule has 4 nitrogen and oxygen atoms in total. The summed E-state index contributed by atoms with van der Waals surface area (Å²) in [5.41, 5.74) is 0. The normalized spacial score (nSPS) is 28.2. The minimum absolute atomic E-state index is 0. The molecule has 2 heterocycles. The molecule has 0 aromatic rings. The van der Waals surface area contributed by atoms with E-state index in [9.17, 15) is 4.79 Å². The molecule has 2 saturated heterocycles. The molecule has 0 aliphatic carbocycles. The molecule has 2 unspecified atom stereocenters. The van der Waals surface area contributed by atoms with Crippen molar-refractivity contribution in [2.45, 2.75) is 58.0 Å². The summed E-state index contributed by atoms with van der Waals surface area (Å²) >= 11 is 0. The molecule has 0 radical (unpaired) electrons. The Morgan fingerprint density at radius 3 is 2.19 bits per heavy atom. The maximum Gasteiger partial charge on any atom is 0.237 e. The van der Waals surface area contributed by atoms with Crippen molar-refractivity contribution in [2.24, 2.45) is 5.92 Å². The van der Waals surface area contributed by atoms with Gasteiger partial charge in [0, 0.05) is 12.1 Å². The minimum atomic E-state index is 0. The molecule has 5 heteroatoms. The first-order valence-corrected chi connectivity index (χ1v) is 8.30. The Balaban J connectivity index is 0.00000220. The molecule has 2 aliphatic heterocycles. The number of halogens is 1. The molecule has 2 aliphatic rings. The zero-order chi connectivity index (χ0) is 14.5. The number of amides is 1. The molecule has 2 fully saturated rings. The van der Waals surface area contributed by atoms with Crippen molar-refractivity contribution >= 4 is 18.3 Å². The SMILES string of the molecule is CNCC1CCN(CC(=O)N2C(C)CCCC2C)CC1.Cl. The molecule has 2 atom stereocenters. The van der Waals surface area contributed by atoms with Gasteiger partial charge in [-0.2, -0.15) is 0 Å². The van der Waals surface area contributed by atoms with Crippen LogP contribution in [0.4, 0.5) is 0 Å².